The van der Waals surface area contributed by atoms with Gasteiger partial charge >= 0.3 is 0 Å². The van der Waals surface area contributed by atoms with Crippen molar-refractivity contribution in [2.24, 2.45) is 0 Å². The number of aliphatic hydroxyl groups is 1. The Bertz CT molecular complexity index is 507. The largest absolute Gasteiger partial charge is 0.488 e. The van der Waals surface area contributed by atoms with E-state index in [0.717, 1.165) is 0 Å². The minimum absolute atomic E-state index is 0.0102. The SMILES string of the molecule is CCC1C(=O)NCCN1CC(O)COc1c(Cl)cccc1Cl. The second kappa shape index (κ2) is 8.02. The molecule has 1 saturated heterocycles. The highest BCUT2D eigenvalue weighted by atomic mass is 35.5. The fourth-order valence-electron chi connectivity index (χ4n) is 2.55. The number of halogens is 2. The van der Waals surface area contributed by atoms with Crippen molar-refractivity contribution >= 4 is 29.1 Å². The van der Waals surface area contributed by atoms with Gasteiger partial charge in [0.2, 0.25) is 5.91 Å². The zero-order valence-corrected chi connectivity index (χ0v) is 13.9. The van der Waals surface area contributed by atoms with Gasteiger partial charge in [-0.25, -0.2) is 0 Å². The lowest BCUT2D eigenvalue weighted by atomic mass is 10.1. The van der Waals surface area contributed by atoms with E-state index in [4.69, 9.17) is 27.9 Å². The number of amides is 1. The second-order valence-corrected chi connectivity index (χ2v) is 6.04. The Labute approximate surface area is 140 Å². The number of piperazine rings is 1. The molecule has 7 heteroatoms. The van der Waals surface area contributed by atoms with Crippen LogP contribution in [0, 0.1) is 0 Å². The van der Waals surface area contributed by atoms with E-state index in [1.165, 1.54) is 0 Å². The number of hydrogen-bond acceptors (Lipinski definition) is 4. The average molecular weight is 347 g/mol. The molecule has 1 aromatic rings. The van der Waals surface area contributed by atoms with Crippen molar-refractivity contribution < 1.29 is 14.6 Å². The summed E-state index contributed by atoms with van der Waals surface area (Å²) in [7, 11) is 0. The quantitative estimate of drug-likeness (QED) is 0.826. The molecule has 1 amide bonds. The molecule has 0 saturated carbocycles. The minimum Gasteiger partial charge on any atom is -0.488 e. The molecule has 0 aromatic heterocycles. The van der Waals surface area contributed by atoms with Gasteiger partial charge < -0.3 is 15.2 Å². The molecular weight excluding hydrogens is 327 g/mol. The van der Waals surface area contributed by atoms with E-state index in [9.17, 15) is 9.90 Å². The molecule has 2 N–H and O–H groups in total. The van der Waals surface area contributed by atoms with Crippen molar-refractivity contribution in [2.75, 3.05) is 26.2 Å². The Morgan fingerprint density at radius 1 is 1.45 bits per heavy atom. The Morgan fingerprint density at radius 2 is 2.14 bits per heavy atom. The van der Waals surface area contributed by atoms with Crippen molar-refractivity contribution in [3.63, 3.8) is 0 Å². The molecule has 2 unspecified atom stereocenters. The van der Waals surface area contributed by atoms with Crippen LogP contribution in [0.4, 0.5) is 0 Å². The molecule has 5 nitrogen and oxygen atoms in total. The maximum atomic E-state index is 11.8. The van der Waals surface area contributed by atoms with Gasteiger partial charge in [-0.05, 0) is 18.6 Å². The molecule has 1 aromatic carbocycles. The normalized spacial score (nSPS) is 20.5. The summed E-state index contributed by atoms with van der Waals surface area (Å²) in [5.41, 5.74) is 0. The number of carbonyl (C=O) groups is 1. The minimum atomic E-state index is -0.729. The number of rotatable bonds is 6. The fraction of sp³-hybridized carbons (Fsp3) is 0.533. The molecule has 2 atom stereocenters. The predicted molar refractivity (Wildman–Crippen MR) is 86.6 cm³/mol. The highest BCUT2D eigenvalue weighted by molar-refractivity contribution is 6.37. The van der Waals surface area contributed by atoms with Crippen LogP contribution >= 0.6 is 23.2 Å². The molecule has 1 fully saturated rings. The Balaban J connectivity index is 1.90. The summed E-state index contributed by atoms with van der Waals surface area (Å²) in [5.74, 6) is 0.379. The average Bonchev–Trinajstić information content (AvgIpc) is 2.47. The molecule has 0 radical (unpaired) electrons. The third kappa shape index (κ3) is 4.26. The molecule has 0 bridgehead atoms. The first-order valence-electron chi connectivity index (χ1n) is 7.29. The van der Waals surface area contributed by atoms with Crippen LogP contribution in [0.5, 0.6) is 5.75 Å². The third-order valence-electron chi connectivity index (χ3n) is 3.61. The smallest absolute Gasteiger partial charge is 0.237 e. The van der Waals surface area contributed by atoms with Gasteiger partial charge in [-0.3, -0.25) is 9.69 Å². The number of β-amino-alcohol motifs (C(OH)–C–C–N with tert-alkyl or cyclic N) is 1. The molecule has 0 aliphatic carbocycles. The summed E-state index contributed by atoms with van der Waals surface area (Å²) in [5, 5.41) is 13.8. The molecule has 1 aliphatic heterocycles. The highest BCUT2D eigenvalue weighted by Gasteiger charge is 2.29. The van der Waals surface area contributed by atoms with Gasteiger partial charge in [-0.1, -0.05) is 36.2 Å². The molecule has 0 spiro atoms. The van der Waals surface area contributed by atoms with E-state index in [1.807, 2.05) is 11.8 Å². The van der Waals surface area contributed by atoms with E-state index in [-0.39, 0.29) is 18.6 Å². The molecule has 122 valence electrons. The van der Waals surface area contributed by atoms with Crippen molar-refractivity contribution in [3.05, 3.63) is 28.2 Å². The van der Waals surface area contributed by atoms with E-state index in [2.05, 4.69) is 5.32 Å². The Hall–Kier alpha value is -1.01. The lowest BCUT2D eigenvalue weighted by Crippen LogP contribution is -2.56. The van der Waals surface area contributed by atoms with Gasteiger partial charge in [0.05, 0.1) is 16.1 Å². The number of para-hydroxylation sites is 1. The van der Waals surface area contributed by atoms with E-state index >= 15 is 0 Å². The van der Waals surface area contributed by atoms with Gasteiger partial charge in [-0.2, -0.15) is 0 Å². The number of benzene rings is 1. The summed E-state index contributed by atoms with van der Waals surface area (Å²) in [6.07, 6.45) is -0.0252. The van der Waals surface area contributed by atoms with Crippen LogP contribution in [0.3, 0.4) is 0 Å². The van der Waals surface area contributed by atoms with Gasteiger partial charge in [0.1, 0.15) is 12.7 Å². The first-order valence-corrected chi connectivity index (χ1v) is 8.05. The standard InChI is InChI=1S/C15H20Cl2N2O3/c1-2-13-15(21)18-6-7-19(13)8-10(20)9-22-14-11(16)4-3-5-12(14)17/h3-5,10,13,20H,2,6-9H2,1H3,(H,18,21). The fourth-order valence-corrected chi connectivity index (χ4v) is 3.05. The Kier molecular flexibility index (Phi) is 6.32. The van der Waals surface area contributed by atoms with E-state index < -0.39 is 6.10 Å². The summed E-state index contributed by atoms with van der Waals surface area (Å²) in [4.78, 5) is 13.8. The monoisotopic (exact) mass is 346 g/mol. The predicted octanol–water partition coefficient (Wildman–Crippen LogP) is 1.94. The molecular formula is C15H20Cl2N2O3. The number of nitrogens with one attached hydrogen (secondary N) is 1. The molecule has 22 heavy (non-hydrogen) atoms. The maximum absolute atomic E-state index is 11.8. The van der Waals surface area contributed by atoms with Gasteiger partial charge in [0.15, 0.2) is 5.75 Å². The number of ether oxygens (including phenoxy) is 1. The van der Waals surface area contributed by atoms with Gasteiger partial charge in [-0.15, -0.1) is 0 Å². The number of carbonyl (C=O) groups excluding carboxylic acids is 1. The molecule has 1 aliphatic rings. The topological polar surface area (TPSA) is 61.8 Å². The zero-order chi connectivity index (χ0) is 16.1. The first kappa shape index (κ1) is 17.3. The Morgan fingerprint density at radius 3 is 2.77 bits per heavy atom. The summed E-state index contributed by atoms with van der Waals surface area (Å²) in [6, 6.07) is 4.88. The van der Waals surface area contributed by atoms with E-state index in [1.54, 1.807) is 18.2 Å². The van der Waals surface area contributed by atoms with Crippen LogP contribution in [-0.4, -0.2) is 54.3 Å². The summed E-state index contributed by atoms with van der Waals surface area (Å²) >= 11 is 12.0. The van der Waals surface area contributed by atoms with Crippen molar-refractivity contribution in [3.8, 4) is 5.75 Å². The third-order valence-corrected chi connectivity index (χ3v) is 4.21. The molecule has 1 heterocycles. The van der Waals surface area contributed by atoms with Crippen LogP contribution in [0.25, 0.3) is 0 Å². The highest BCUT2D eigenvalue weighted by Crippen LogP contribution is 2.32. The molecule has 2 rings (SSSR count). The number of nitrogens with zero attached hydrogens (tertiary/aromatic N) is 1. The number of hydrogen-bond donors (Lipinski definition) is 2. The van der Waals surface area contributed by atoms with E-state index in [0.29, 0.717) is 41.8 Å². The summed E-state index contributed by atoms with van der Waals surface area (Å²) in [6.45, 7) is 3.70. The lowest BCUT2D eigenvalue weighted by molar-refractivity contribution is -0.129. The van der Waals surface area contributed by atoms with Crippen LogP contribution in [0.2, 0.25) is 10.0 Å². The van der Waals surface area contributed by atoms with Gasteiger partial charge in [0, 0.05) is 19.6 Å². The summed E-state index contributed by atoms with van der Waals surface area (Å²) < 4.78 is 5.53. The lowest BCUT2D eigenvalue weighted by Gasteiger charge is -2.35. The van der Waals surface area contributed by atoms with Crippen LogP contribution in [0.1, 0.15) is 13.3 Å². The van der Waals surface area contributed by atoms with Crippen LogP contribution < -0.4 is 10.1 Å². The van der Waals surface area contributed by atoms with Crippen LogP contribution in [-0.2, 0) is 4.79 Å². The van der Waals surface area contributed by atoms with Crippen molar-refractivity contribution in [1.29, 1.82) is 0 Å². The van der Waals surface area contributed by atoms with Crippen molar-refractivity contribution in [2.45, 2.75) is 25.5 Å². The zero-order valence-electron chi connectivity index (χ0n) is 12.4. The first-order chi connectivity index (χ1) is 10.5. The van der Waals surface area contributed by atoms with Gasteiger partial charge in [0.25, 0.3) is 0 Å². The van der Waals surface area contributed by atoms with Crippen molar-refractivity contribution in [1.82, 2.24) is 10.2 Å². The van der Waals surface area contributed by atoms with Crippen LogP contribution in [0.15, 0.2) is 18.2 Å². The second-order valence-electron chi connectivity index (χ2n) is 5.23. The number of aliphatic hydroxyl groups excluding tert-OH is 1. The maximum Gasteiger partial charge on any atom is 0.237 e.